The molecule has 1 aromatic heterocycles. The number of hydrogen-bond donors (Lipinski definition) is 3. The Morgan fingerprint density at radius 3 is 2.20 bits per heavy atom. The van der Waals surface area contributed by atoms with Gasteiger partial charge >= 0.3 is 5.51 Å². The highest BCUT2D eigenvalue weighted by Gasteiger charge is 2.48. The average molecular weight is 1180 g/mol. The maximum Gasteiger partial charge on any atom is 0.501 e. The third-order valence-electron chi connectivity index (χ3n) is 15.2. The lowest BCUT2D eigenvalue weighted by molar-refractivity contribution is -0.134. The van der Waals surface area contributed by atoms with E-state index in [4.69, 9.17) is 11.6 Å². The molecular weight excluding hydrogens is 1110 g/mol. The largest absolute Gasteiger partial charge is 0.501 e. The van der Waals surface area contributed by atoms with Gasteiger partial charge in [-0.1, -0.05) is 61.4 Å². The SMILES string of the molecule is CC1(C)CCC(c2ccc(Cl)cc2)=C(CN2CCN(c3ccc(C(=O)NS(=O)(=O)c4ccc(N[C@H](CCN5CCN(Cc6cncc(C7CCC(=O)NC7=O)n6)CC5)CSc5ccccc5)c(S(=O)(=O)C(F)(F)F)c4)cc3)CC2)C1. The highest BCUT2D eigenvalue weighted by molar-refractivity contribution is 7.99. The number of sulfone groups is 1. The molecule has 0 radical (unpaired) electrons. The number of aromatic nitrogens is 2. The summed E-state index contributed by atoms with van der Waals surface area (Å²) in [7, 11) is -11.0. The molecule has 1 aliphatic carbocycles. The topological polar surface area (TPSA) is 194 Å². The van der Waals surface area contributed by atoms with Crippen molar-refractivity contribution in [3.05, 3.63) is 143 Å². The number of nitrogens with one attached hydrogen (secondary N) is 3. The Balaban J connectivity index is 0.833. The van der Waals surface area contributed by atoms with Crippen LogP contribution in [-0.4, -0.2) is 142 Å². The molecule has 3 saturated heterocycles. The average Bonchev–Trinajstić information content (AvgIpc) is 3.43. The molecule has 23 heteroatoms. The number of alkyl halides is 3. The maximum absolute atomic E-state index is 14.5. The maximum atomic E-state index is 14.5. The molecule has 3 aliphatic heterocycles. The lowest BCUT2D eigenvalue weighted by Crippen LogP contribution is -2.47. The summed E-state index contributed by atoms with van der Waals surface area (Å²) in [4.78, 5) is 54.4. The number of piperidine rings is 1. The predicted molar refractivity (Wildman–Crippen MR) is 304 cm³/mol. The monoisotopic (exact) mass is 1180 g/mol. The normalized spacial score (nSPS) is 19.4. The summed E-state index contributed by atoms with van der Waals surface area (Å²) < 4.78 is 99.5. The number of imide groups is 1. The molecule has 4 aromatic carbocycles. The van der Waals surface area contributed by atoms with E-state index in [0.717, 1.165) is 74.7 Å². The van der Waals surface area contributed by atoms with Gasteiger partial charge in [0, 0.05) is 124 Å². The van der Waals surface area contributed by atoms with Crippen molar-refractivity contribution in [1.29, 1.82) is 0 Å². The van der Waals surface area contributed by atoms with Crippen molar-refractivity contribution in [3.63, 3.8) is 0 Å². The fraction of sp³-hybridized carbons (Fsp3) is 0.421. The Hall–Kier alpha value is -5.88. The molecule has 3 fully saturated rings. The van der Waals surface area contributed by atoms with E-state index in [0.29, 0.717) is 80.3 Å². The minimum absolute atomic E-state index is 0.0229. The lowest BCUT2D eigenvalue weighted by atomic mass is 9.73. The van der Waals surface area contributed by atoms with Crippen LogP contribution in [0.15, 0.2) is 130 Å². The van der Waals surface area contributed by atoms with Crippen LogP contribution in [0.5, 0.6) is 0 Å². The fourth-order valence-corrected chi connectivity index (χ4v) is 13.9. The van der Waals surface area contributed by atoms with Crippen molar-refractivity contribution in [2.75, 3.05) is 81.4 Å². The van der Waals surface area contributed by atoms with Gasteiger partial charge in [0.1, 0.15) is 4.90 Å². The lowest BCUT2D eigenvalue weighted by Gasteiger charge is -2.39. The van der Waals surface area contributed by atoms with Crippen molar-refractivity contribution < 1.29 is 44.4 Å². The number of anilines is 2. The molecule has 5 aromatic rings. The minimum atomic E-state index is -6.13. The fourth-order valence-electron chi connectivity index (χ4n) is 10.7. The number of carbonyl (C=O) groups is 3. The van der Waals surface area contributed by atoms with Crippen molar-refractivity contribution in [1.82, 2.24) is 34.7 Å². The van der Waals surface area contributed by atoms with Crippen LogP contribution < -0.4 is 20.3 Å². The number of allylic oxidation sites excluding steroid dienone is 1. The molecule has 9 rings (SSSR count). The molecule has 1 unspecified atom stereocenters. The number of nitrogens with zero attached hydrogens (tertiary/aromatic N) is 6. The summed E-state index contributed by atoms with van der Waals surface area (Å²) in [6.07, 6.45) is 7.26. The van der Waals surface area contributed by atoms with E-state index in [-0.39, 0.29) is 23.3 Å². The van der Waals surface area contributed by atoms with E-state index in [1.165, 1.54) is 46.8 Å². The zero-order valence-electron chi connectivity index (χ0n) is 44.6. The molecule has 80 heavy (non-hydrogen) atoms. The Morgan fingerprint density at radius 2 is 1.51 bits per heavy atom. The third kappa shape index (κ3) is 14.8. The number of halogens is 4. The second kappa shape index (κ2) is 25.1. The number of thioether (sulfide) groups is 1. The van der Waals surface area contributed by atoms with Crippen LogP contribution in [-0.2, 0) is 36.0 Å². The molecule has 3 N–H and O–H groups in total. The summed E-state index contributed by atoms with van der Waals surface area (Å²) >= 11 is 7.63. The first-order valence-electron chi connectivity index (χ1n) is 26.7. The number of benzene rings is 4. The number of hydrogen-bond acceptors (Lipinski definition) is 15. The smallest absolute Gasteiger partial charge is 0.380 e. The van der Waals surface area contributed by atoms with Gasteiger partial charge in [-0.25, -0.2) is 21.6 Å². The number of rotatable bonds is 19. The third-order valence-corrected chi connectivity index (χ3v) is 19.5. The number of amides is 3. The molecule has 0 bridgehead atoms. The van der Waals surface area contributed by atoms with Crippen molar-refractivity contribution in [2.24, 2.45) is 5.41 Å². The van der Waals surface area contributed by atoms with Crippen LogP contribution in [0.2, 0.25) is 5.02 Å². The molecule has 0 spiro atoms. The van der Waals surface area contributed by atoms with E-state index in [1.54, 1.807) is 18.3 Å². The van der Waals surface area contributed by atoms with Gasteiger partial charge in [0.15, 0.2) is 0 Å². The Kier molecular flexibility index (Phi) is 18.4. The van der Waals surface area contributed by atoms with E-state index in [1.807, 2.05) is 47.2 Å². The van der Waals surface area contributed by atoms with E-state index >= 15 is 0 Å². The zero-order valence-corrected chi connectivity index (χ0v) is 47.8. The van der Waals surface area contributed by atoms with Gasteiger partial charge in [-0.3, -0.25) is 39.5 Å². The molecule has 0 saturated carbocycles. The second-order valence-electron chi connectivity index (χ2n) is 21.6. The molecule has 426 valence electrons. The molecular formula is C57H65ClF3N9O7S3. The predicted octanol–water partition coefficient (Wildman–Crippen LogP) is 8.63. The van der Waals surface area contributed by atoms with Crippen LogP contribution in [0, 0.1) is 5.41 Å². The number of carbonyl (C=O) groups excluding carboxylic acids is 3. The van der Waals surface area contributed by atoms with Crippen molar-refractivity contribution in [2.45, 2.75) is 91.1 Å². The highest BCUT2D eigenvalue weighted by Crippen LogP contribution is 2.43. The van der Waals surface area contributed by atoms with E-state index in [2.05, 4.69) is 66.2 Å². The van der Waals surface area contributed by atoms with Gasteiger partial charge in [0.05, 0.1) is 27.9 Å². The highest BCUT2D eigenvalue weighted by atomic mass is 35.5. The quantitative estimate of drug-likeness (QED) is 0.0525. The molecule has 4 heterocycles. The van der Waals surface area contributed by atoms with Gasteiger partial charge in [-0.05, 0) is 115 Å². The molecule has 4 aliphatic rings. The van der Waals surface area contributed by atoms with E-state index < -0.39 is 64.6 Å². The minimum Gasteiger partial charge on any atom is -0.380 e. The first kappa shape index (κ1) is 58.8. The summed E-state index contributed by atoms with van der Waals surface area (Å²) in [5, 5.41) is 6.09. The van der Waals surface area contributed by atoms with Gasteiger partial charge in [-0.15, -0.1) is 11.8 Å². The van der Waals surface area contributed by atoms with Gasteiger partial charge in [-0.2, -0.15) is 13.2 Å². The molecule has 2 atom stereocenters. The summed E-state index contributed by atoms with van der Waals surface area (Å²) in [5.41, 5.74) is -0.0106. The zero-order chi connectivity index (χ0) is 56.8. The van der Waals surface area contributed by atoms with Crippen LogP contribution in [0.1, 0.15) is 85.6 Å². The summed E-state index contributed by atoms with van der Waals surface area (Å²) in [6, 6.07) is 25.6. The van der Waals surface area contributed by atoms with Crippen LogP contribution in [0.4, 0.5) is 24.5 Å². The Morgan fingerprint density at radius 1 is 0.838 bits per heavy atom. The molecule has 3 amide bonds. The number of sulfonamides is 1. The van der Waals surface area contributed by atoms with E-state index in [9.17, 15) is 44.4 Å². The standard InChI is InChI=1S/C57H65ClF3N9O7S3/c1-56(2)22-20-48(39-8-12-42(58)13-9-39)41(33-56)36-68-28-30-70(31-29-68)45-14-10-40(11-15-45)54(72)66-80(76,77)47-16-18-50(52(32-47)79(74,75)57(59,60)61)63-43(38-78-46-6-4-3-5-7-46)21-23-67-24-26-69(27-25-67)37-44-34-62-35-51(64-44)49-17-19-53(71)65-55(49)73/h3-16,18,32,34-35,43,49,63H,17,19-31,33,36-38H2,1-2H3,(H,66,72)(H,65,71,73)/t43-,49?/m1/s1. The summed E-state index contributed by atoms with van der Waals surface area (Å²) in [5.74, 6) is -2.00. The van der Waals surface area contributed by atoms with Crippen LogP contribution in [0.25, 0.3) is 5.57 Å². The second-order valence-corrected chi connectivity index (χ2v) is 26.7. The first-order valence-corrected chi connectivity index (χ1v) is 31.0. The summed E-state index contributed by atoms with van der Waals surface area (Å²) in [6.45, 7) is 12.1. The van der Waals surface area contributed by atoms with Gasteiger partial charge in [0.25, 0.3) is 25.8 Å². The van der Waals surface area contributed by atoms with Crippen LogP contribution >= 0.6 is 23.4 Å². The molecule has 16 nitrogen and oxygen atoms in total. The van der Waals surface area contributed by atoms with Crippen molar-refractivity contribution in [3.8, 4) is 0 Å². The van der Waals surface area contributed by atoms with Gasteiger partial charge in [0.2, 0.25) is 11.8 Å². The Labute approximate surface area is 474 Å². The number of piperazine rings is 2. The first-order chi connectivity index (χ1) is 38.1. The van der Waals surface area contributed by atoms with Crippen LogP contribution in [0.3, 0.4) is 0 Å². The van der Waals surface area contributed by atoms with Crippen molar-refractivity contribution >= 4 is 77.9 Å². The van der Waals surface area contributed by atoms with Gasteiger partial charge < -0.3 is 15.1 Å². The Bertz CT molecular complexity index is 3300.